The minimum absolute atomic E-state index is 0.227. The maximum atomic E-state index is 11.9. The van der Waals surface area contributed by atoms with Gasteiger partial charge in [0.15, 0.2) is 5.69 Å². The van der Waals surface area contributed by atoms with E-state index in [2.05, 4.69) is 15.5 Å². The molecule has 1 rings (SSSR count). The molecule has 0 bridgehead atoms. The second-order valence-electron chi connectivity index (χ2n) is 4.11. The molecule has 0 saturated heterocycles. The van der Waals surface area contributed by atoms with Gasteiger partial charge < -0.3 is 10.1 Å². The van der Waals surface area contributed by atoms with Gasteiger partial charge in [0.2, 0.25) is 10.0 Å². The molecule has 1 aromatic rings. The van der Waals surface area contributed by atoms with Gasteiger partial charge in [0, 0.05) is 12.6 Å². The number of aryl methyl sites for hydroxylation is 1. The summed E-state index contributed by atoms with van der Waals surface area (Å²) < 4.78 is 28.0. The molecule has 1 heterocycles. The van der Waals surface area contributed by atoms with Crippen molar-refractivity contribution in [1.29, 1.82) is 0 Å². The highest BCUT2D eigenvalue weighted by Gasteiger charge is 2.26. The number of nitrogens with one attached hydrogen (secondary N) is 2. The van der Waals surface area contributed by atoms with Crippen LogP contribution in [0, 0.1) is 6.92 Å². The minimum atomic E-state index is -4.00. The summed E-state index contributed by atoms with van der Waals surface area (Å²) in [5, 5.41) is 13.8. The van der Waals surface area contributed by atoms with Crippen LogP contribution in [0.1, 0.15) is 30.0 Å². The third-order valence-electron chi connectivity index (χ3n) is 2.34. The number of carbonyl (C=O) groups is 1. The van der Waals surface area contributed by atoms with Crippen LogP contribution >= 0.6 is 0 Å². The van der Waals surface area contributed by atoms with Gasteiger partial charge in [-0.1, -0.05) is 0 Å². The predicted molar refractivity (Wildman–Crippen MR) is 68.1 cm³/mol. The number of ether oxygens (including phenoxy) is 1. The Morgan fingerprint density at radius 2 is 2.21 bits per heavy atom. The Bertz CT molecular complexity index is 552. The summed E-state index contributed by atoms with van der Waals surface area (Å²) in [7, 11) is -4.00. The lowest BCUT2D eigenvalue weighted by Gasteiger charge is -2.12. The summed E-state index contributed by atoms with van der Waals surface area (Å²) in [4.78, 5) is 11.6. The zero-order valence-electron chi connectivity index (χ0n) is 11.1. The van der Waals surface area contributed by atoms with Crippen LogP contribution in [0.4, 0.5) is 0 Å². The van der Waals surface area contributed by atoms with Gasteiger partial charge in [-0.25, -0.2) is 13.6 Å². The van der Waals surface area contributed by atoms with E-state index in [0.717, 1.165) is 0 Å². The number of rotatable bonds is 6. The first kappa shape index (κ1) is 15.6. The molecule has 4 N–H and O–H groups in total. The number of amides is 1. The molecular weight excluding hydrogens is 272 g/mol. The number of sulfonamides is 1. The van der Waals surface area contributed by atoms with Crippen LogP contribution in [-0.4, -0.2) is 43.8 Å². The molecule has 0 aliphatic rings. The quantitative estimate of drug-likeness (QED) is 0.652. The summed E-state index contributed by atoms with van der Waals surface area (Å²) in [6.07, 6.45) is 0. The Balaban J connectivity index is 2.90. The van der Waals surface area contributed by atoms with Gasteiger partial charge in [-0.2, -0.15) is 5.10 Å². The first-order chi connectivity index (χ1) is 8.77. The largest absolute Gasteiger partial charge is 0.380 e. The fraction of sp³-hybridized carbons (Fsp3) is 0.600. The summed E-state index contributed by atoms with van der Waals surface area (Å²) in [5.41, 5.74) is -0.00606. The average Bonchev–Trinajstić information content (AvgIpc) is 2.68. The number of hydrogen-bond donors (Lipinski definition) is 3. The number of primary sulfonamides is 1. The second-order valence-corrected chi connectivity index (χ2v) is 5.60. The Morgan fingerprint density at radius 1 is 1.58 bits per heavy atom. The van der Waals surface area contributed by atoms with Crippen molar-refractivity contribution in [3.8, 4) is 0 Å². The molecule has 1 amide bonds. The number of aromatic amines is 1. The molecule has 8 nitrogen and oxygen atoms in total. The second kappa shape index (κ2) is 6.13. The SMILES string of the molecule is CCOCC(C)NC(=O)c1n[nH]c(C)c1S(N)(=O)=O. The molecule has 0 aliphatic carbocycles. The third kappa shape index (κ3) is 4.01. The average molecular weight is 290 g/mol. The number of nitrogens with zero attached hydrogens (tertiary/aromatic N) is 1. The van der Waals surface area contributed by atoms with Crippen molar-refractivity contribution in [3.05, 3.63) is 11.4 Å². The fourth-order valence-electron chi connectivity index (χ4n) is 1.55. The predicted octanol–water partition coefficient (Wildman–Crippen LogP) is -0.480. The van der Waals surface area contributed by atoms with E-state index >= 15 is 0 Å². The smallest absolute Gasteiger partial charge is 0.273 e. The summed E-state index contributed by atoms with van der Waals surface area (Å²) in [5.74, 6) is -0.611. The highest BCUT2D eigenvalue weighted by atomic mass is 32.2. The summed E-state index contributed by atoms with van der Waals surface area (Å²) in [6, 6.07) is -0.266. The summed E-state index contributed by atoms with van der Waals surface area (Å²) in [6.45, 7) is 5.92. The van der Waals surface area contributed by atoms with Crippen LogP contribution in [0.25, 0.3) is 0 Å². The maximum Gasteiger partial charge on any atom is 0.273 e. The number of aromatic nitrogens is 2. The Morgan fingerprint density at radius 3 is 2.74 bits per heavy atom. The topological polar surface area (TPSA) is 127 Å². The minimum Gasteiger partial charge on any atom is -0.380 e. The van der Waals surface area contributed by atoms with Crippen molar-refractivity contribution in [1.82, 2.24) is 15.5 Å². The van der Waals surface area contributed by atoms with E-state index in [1.165, 1.54) is 6.92 Å². The number of carbonyl (C=O) groups excluding carboxylic acids is 1. The van der Waals surface area contributed by atoms with Crippen molar-refractivity contribution in [2.45, 2.75) is 31.7 Å². The van der Waals surface area contributed by atoms with E-state index < -0.39 is 15.9 Å². The van der Waals surface area contributed by atoms with Gasteiger partial charge in [-0.3, -0.25) is 9.89 Å². The van der Waals surface area contributed by atoms with Crippen molar-refractivity contribution >= 4 is 15.9 Å². The highest BCUT2D eigenvalue weighted by molar-refractivity contribution is 7.89. The zero-order chi connectivity index (χ0) is 14.6. The Kier molecular flexibility index (Phi) is 5.04. The molecule has 19 heavy (non-hydrogen) atoms. The first-order valence-corrected chi connectivity index (χ1v) is 7.28. The van der Waals surface area contributed by atoms with Crippen molar-refractivity contribution in [2.75, 3.05) is 13.2 Å². The third-order valence-corrected chi connectivity index (χ3v) is 3.41. The van der Waals surface area contributed by atoms with E-state index in [4.69, 9.17) is 9.88 Å². The Labute approximate surface area is 111 Å². The molecule has 0 radical (unpaired) electrons. The Hall–Kier alpha value is -1.45. The van der Waals surface area contributed by atoms with Crippen LogP contribution in [0.3, 0.4) is 0 Å². The van der Waals surface area contributed by atoms with Gasteiger partial charge in [0.25, 0.3) is 5.91 Å². The van der Waals surface area contributed by atoms with E-state index in [1.54, 1.807) is 6.92 Å². The molecule has 1 unspecified atom stereocenters. The number of nitrogens with two attached hydrogens (primary N) is 1. The lowest BCUT2D eigenvalue weighted by atomic mass is 10.3. The molecule has 1 aromatic heterocycles. The fourth-order valence-corrected chi connectivity index (χ4v) is 2.43. The normalized spacial score (nSPS) is 13.3. The molecule has 1 atom stereocenters. The molecule has 9 heteroatoms. The monoisotopic (exact) mass is 290 g/mol. The van der Waals surface area contributed by atoms with Crippen LogP contribution < -0.4 is 10.5 Å². The van der Waals surface area contributed by atoms with Crippen LogP contribution in [0.2, 0.25) is 0 Å². The molecule has 108 valence electrons. The molecule has 0 fully saturated rings. The molecule has 0 spiro atoms. The van der Waals surface area contributed by atoms with E-state index in [1.807, 2.05) is 6.92 Å². The molecule has 0 aliphatic heterocycles. The standard InChI is InChI=1S/C10H18N4O4S/c1-4-18-5-6(2)12-10(15)8-9(19(11,16)17)7(3)13-14-8/h6H,4-5H2,1-3H3,(H,12,15)(H,13,14)(H2,11,16,17). The van der Waals surface area contributed by atoms with E-state index in [0.29, 0.717) is 13.2 Å². The van der Waals surface area contributed by atoms with E-state index in [9.17, 15) is 13.2 Å². The van der Waals surface area contributed by atoms with Gasteiger partial charge in [0.05, 0.1) is 12.3 Å². The highest BCUT2D eigenvalue weighted by Crippen LogP contribution is 2.15. The maximum absolute atomic E-state index is 11.9. The first-order valence-electron chi connectivity index (χ1n) is 5.73. The van der Waals surface area contributed by atoms with Crippen LogP contribution in [-0.2, 0) is 14.8 Å². The van der Waals surface area contributed by atoms with Gasteiger partial charge in [-0.05, 0) is 20.8 Å². The van der Waals surface area contributed by atoms with Crippen molar-refractivity contribution in [3.63, 3.8) is 0 Å². The molecule has 0 aromatic carbocycles. The lowest BCUT2D eigenvalue weighted by Crippen LogP contribution is -2.37. The van der Waals surface area contributed by atoms with Crippen LogP contribution in [0.5, 0.6) is 0 Å². The number of H-pyrrole nitrogens is 1. The molecule has 0 saturated carbocycles. The lowest BCUT2D eigenvalue weighted by molar-refractivity contribution is 0.0864. The summed E-state index contributed by atoms with van der Waals surface area (Å²) >= 11 is 0. The van der Waals surface area contributed by atoms with Crippen LogP contribution in [0.15, 0.2) is 4.90 Å². The van der Waals surface area contributed by atoms with Crippen molar-refractivity contribution in [2.24, 2.45) is 5.14 Å². The van der Waals surface area contributed by atoms with Gasteiger partial charge >= 0.3 is 0 Å². The van der Waals surface area contributed by atoms with E-state index in [-0.39, 0.29) is 22.3 Å². The number of hydrogen-bond acceptors (Lipinski definition) is 5. The van der Waals surface area contributed by atoms with Gasteiger partial charge in [-0.15, -0.1) is 0 Å². The van der Waals surface area contributed by atoms with Crippen molar-refractivity contribution < 1.29 is 17.9 Å². The molecular formula is C10H18N4O4S. The van der Waals surface area contributed by atoms with Gasteiger partial charge in [0.1, 0.15) is 4.90 Å². The zero-order valence-corrected chi connectivity index (χ0v) is 11.9.